The molecule has 0 saturated carbocycles. The molecule has 0 aliphatic carbocycles. The molecule has 0 rings (SSSR count). The minimum atomic E-state index is -4.91. The number of alkyl halides is 3. The quantitative estimate of drug-likeness (QED) is 0.622. The van der Waals surface area contributed by atoms with Gasteiger partial charge in [0.2, 0.25) is 5.91 Å². The van der Waals surface area contributed by atoms with Crippen LogP contribution in [-0.4, -0.2) is 24.5 Å². The molecule has 3 N–H and O–H groups in total. The van der Waals surface area contributed by atoms with E-state index in [-0.39, 0.29) is 6.42 Å². The Kier molecular flexibility index (Phi) is 3.52. The lowest BCUT2D eigenvalue weighted by Crippen LogP contribution is -2.38. The maximum absolute atomic E-state index is 11.4. The van der Waals surface area contributed by atoms with E-state index in [1.807, 2.05) is 0 Å². The number of hydrogen-bond acceptors (Lipinski definition) is 2. The Morgan fingerprint density at radius 2 is 1.83 bits per heavy atom. The Hall–Kier alpha value is -1.27. The molecule has 2 amide bonds. The highest BCUT2D eigenvalue weighted by Gasteiger charge is 2.38. The fourth-order valence-electron chi connectivity index (χ4n) is 0.399. The zero-order valence-corrected chi connectivity index (χ0v) is 5.94. The second-order valence-corrected chi connectivity index (χ2v) is 1.97. The van der Waals surface area contributed by atoms with Crippen LogP contribution in [0, 0.1) is 0 Å². The first-order valence-corrected chi connectivity index (χ1v) is 2.97. The van der Waals surface area contributed by atoms with Gasteiger partial charge in [-0.1, -0.05) is 0 Å². The Morgan fingerprint density at radius 1 is 1.33 bits per heavy atom. The summed E-state index contributed by atoms with van der Waals surface area (Å²) in [4.78, 5) is 20.1. The number of amides is 2. The average Bonchev–Trinajstić information content (AvgIpc) is 1.84. The van der Waals surface area contributed by atoms with Crippen molar-refractivity contribution in [3.63, 3.8) is 0 Å². The van der Waals surface area contributed by atoms with E-state index >= 15 is 0 Å². The maximum atomic E-state index is 11.4. The van der Waals surface area contributed by atoms with Gasteiger partial charge in [0, 0.05) is 13.0 Å². The van der Waals surface area contributed by atoms with Gasteiger partial charge in [0.1, 0.15) is 0 Å². The smallest absolute Gasteiger partial charge is 0.370 e. The molecule has 0 aromatic rings. The van der Waals surface area contributed by atoms with Crippen molar-refractivity contribution in [2.45, 2.75) is 12.6 Å². The largest absolute Gasteiger partial charge is 0.471 e. The van der Waals surface area contributed by atoms with Gasteiger partial charge in [-0.25, -0.2) is 0 Å². The summed E-state index contributed by atoms with van der Waals surface area (Å²) >= 11 is 0. The molecule has 12 heavy (non-hydrogen) atoms. The van der Waals surface area contributed by atoms with Crippen molar-refractivity contribution < 1.29 is 22.8 Å². The number of nitrogens with two attached hydrogens (primary N) is 1. The van der Waals surface area contributed by atoms with Crippen LogP contribution in [0.5, 0.6) is 0 Å². The van der Waals surface area contributed by atoms with Gasteiger partial charge in [0.25, 0.3) is 0 Å². The molecule has 70 valence electrons. The van der Waals surface area contributed by atoms with Gasteiger partial charge in [0.05, 0.1) is 0 Å². The number of nitrogens with one attached hydrogen (secondary N) is 1. The number of halogens is 3. The number of carbonyl (C=O) groups excluding carboxylic acids is 2. The van der Waals surface area contributed by atoms with E-state index < -0.39 is 24.5 Å². The first kappa shape index (κ1) is 10.7. The summed E-state index contributed by atoms with van der Waals surface area (Å²) < 4.78 is 34.3. The van der Waals surface area contributed by atoms with Crippen LogP contribution in [0.25, 0.3) is 0 Å². The standard InChI is InChI=1S/C5H7F3N2O2/c6-5(7,8)4(12)10-2-1-3(9)11/h1-2H2,(H2,9,11)(H,10,12). The molecule has 0 radical (unpaired) electrons. The van der Waals surface area contributed by atoms with Crippen molar-refractivity contribution in [3.05, 3.63) is 0 Å². The van der Waals surface area contributed by atoms with Crippen molar-refractivity contribution in [3.8, 4) is 0 Å². The second-order valence-electron chi connectivity index (χ2n) is 1.97. The highest BCUT2D eigenvalue weighted by atomic mass is 19.4. The van der Waals surface area contributed by atoms with E-state index in [0.29, 0.717) is 0 Å². The molecule has 0 aliphatic heterocycles. The van der Waals surface area contributed by atoms with Crippen molar-refractivity contribution in [2.75, 3.05) is 6.54 Å². The summed E-state index contributed by atoms with van der Waals surface area (Å²) in [5.74, 6) is -2.83. The third-order valence-corrected chi connectivity index (χ3v) is 0.914. The highest BCUT2D eigenvalue weighted by Crippen LogP contribution is 2.13. The van der Waals surface area contributed by atoms with E-state index in [4.69, 9.17) is 0 Å². The van der Waals surface area contributed by atoms with E-state index in [1.54, 1.807) is 0 Å². The SMILES string of the molecule is NC(=O)CCNC(=O)C(F)(F)F. The number of hydrogen-bond donors (Lipinski definition) is 2. The fraction of sp³-hybridized carbons (Fsp3) is 0.600. The van der Waals surface area contributed by atoms with Crippen molar-refractivity contribution in [1.82, 2.24) is 5.32 Å². The van der Waals surface area contributed by atoms with Gasteiger partial charge < -0.3 is 11.1 Å². The summed E-state index contributed by atoms with van der Waals surface area (Å²) in [5.41, 5.74) is 4.62. The minimum Gasteiger partial charge on any atom is -0.370 e. The molecule has 0 atom stereocenters. The van der Waals surface area contributed by atoms with Crippen molar-refractivity contribution in [1.29, 1.82) is 0 Å². The molecule has 4 nitrogen and oxygen atoms in total. The van der Waals surface area contributed by atoms with Crippen molar-refractivity contribution in [2.24, 2.45) is 5.73 Å². The lowest BCUT2D eigenvalue weighted by molar-refractivity contribution is -0.173. The minimum absolute atomic E-state index is 0.304. The molecule has 0 aromatic carbocycles. The molecule has 0 heterocycles. The summed E-state index contributed by atoms with van der Waals surface area (Å²) in [5, 5.41) is 1.49. The molecular weight excluding hydrogens is 177 g/mol. The lowest BCUT2D eigenvalue weighted by atomic mass is 10.4. The zero-order valence-electron chi connectivity index (χ0n) is 5.94. The summed E-state index contributed by atoms with van der Waals surface area (Å²) in [7, 11) is 0. The monoisotopic (exact) mass is 184 g/mol. The Balaban J connectivity index is 3.66. The molecule has 0 fully saturated rings. The Labute approximate surface area is 65.9 Å². The van der Waals surface area contributed by atoms with Crippen LogP contribution >= 0.6 is 0 Å². The third kappa shape index (κ3) is 4.53. The Morgan fingerprint density at radius 3 is 2.17 bits per heavy atom. The van der Waals surface area contributed by atoms with E-state index in [9.17, 15) is 22.8 Å². The highest BCUT2D eigenvalue weighted by molar-refractivity contribution is 5.82. The van der Waals surface area contributed by atoms with Gasteiger partial charge >= 0.3 is 12.1 Å². The number of carbonyl (C=O) groups is 2. The van der Waals surface area contributed by atoms with Crippen molar-refractivity contribution >= 4 is 11.8 Å². The molecule has 0 unspecified atom stereocenters. The van der Waals surface area contributed by atoms with E-state index in [0.717, 1.165) is 0 Å². The molecule has 0 aliphatic rings. The summed E-state index contributed by atoms with van der Waals surface area (Å²) in [6.07, 6.45) is -5.21. The average molecular weight is 184 g/mol. The summed E-state index contributed by atoms with van der Waals surface area (Å²) in [6, 6.07) is 0. The van der Waals surface area contributed by atoms with E-state index in [2.05, 4.69) is 5.73 Å². The topological polar surface area (TPSA) is 72.2 Å². The van der Waals surface area contributed by atoms with Gasteiger partial charge in [-0.3, -0.25) is 9.59 Å². The van der Waals surface area contributed by atoms with Crippen LogP contribution in [0.2, 0.25) is 0 Å². The van der Waals surface area contributed by atoms with E-state index in [1.165, 1.54) is 5.32 Å². The number of primary amides is 1. The molecule has 0 saturated heterocycles. The van der Waals surface area contributed by atoms with Crippen LogP contribution < -0.4 is 11.1 Å². The van der Waals surface area contributed by atoms with Gasteiger partial charge in [-0.05, 0) is 0 Å². The predicted octanol–water partition coefficient (Wildman–Crippen LogP) is -0.460. The normalized spacial score (nSPS) is 10.9. The summed E-state index contributed by atoms with van der Waals surface area (Å²) in [6.45, 7) is -0.395. The molecule has 0 bridgehead atoms. The zero-order chi connectivity index (χ0) is 9.78. The number of rotatable bonds is 3. The third-order valence-electron chi connectivity index (χ3n) is 0.914. The molecule has 0 aromatic heterocycles. The van der Waals surface area contributed by atoms with Crippen LogP contribution in [0.15, 0.2) is 0 Å². The lowest BCUT2D eigenvalue weighted by Gasteiger charge is -2.05. The van der Waals surface area contributed by atoms with Crippen LogP contribution in [0.4, 0.5) is 13.2 Å². The predicted molar refractivity (Wildman–Crippen MR) is 32.9 cm³/mol. The van der Waals surface area contributed by atoms with Gasteiger partial charge in [-0.2, -0.15) is 13.2 Å². The fourth-order valence-corrected chi connectivity index (χ4v) is 0.399. The second kappa shape index (κ2) is 3.93. The van der Waals surface area contributed by atoms with Gasteiger partial charge in [0.15, 0.2) is 0 Å². The molecule has 7 heteroatoms. The Bertz CT molecular complexity index is 190. The first-order chi connectivity index (χ1) is 5.34. The maximum Gasteiger partial charge on any atom is 0.471 e. The molecular formula is C5H7F3N2O2. The van der Waals surface area contributed by atoms with Gasteiger partial charge in [-0.15, -0.1) is 0 Å². The van der Waals surface area contributed by atoms with Crippen LogP contribution in [0.1, 0.15) is 6.42 Å². The van der Waals surface area contributed by atoms with Crippen LogP contribution in [0.3, 0.4) is 0 Å². The van der Waals surface area contributed by atoms with Crippen LogP contribution in [-0.2, 0) is 9.59 Å². The first-order valence-electron chi connectivity index (χ1n) is 2.97. The molecule has 0 spiro atoms.